The van der Waals surface area contributed by atoms with E-state index >= 15 is 0 Å². The molecular weight excluding hydrogens is 239 g/mol. The number of carbonyl (C=O) groups is 1. The van der Waals surface area contributed by atoms with Crippen LogP contribution in [0.5, 0.6) is 5.88 Å². The van der Waals surface area contributed by atoms with Crippen molar-refractivity contribution < 1.29 is 27.4 Å². The molecular formula is C10H10F3NO3. The van der Waals surface area contributed by atoms with Crippen LogP contribution < -0.4 is 4.74 Å². The Morgan fingerprint density at radius 2 is 2.12 bits per heavy atom. The van der Waals surface area contributed by atoms with Crippen molar-refractivity contribution in [1.82, 2.24) is 4.98 Å². The van der Waals surface area contributed by atoms with Crippen LogP contribution in [0.3, 0.4) is 0 Å². The Kier molecular flexibility index (Phi) is 4.30. The van der Waals surface area contributed by atoms with E-state index in [9.17, 15) is 18.0 Å². The fourth-order valence-electron chi connectivity index (χ4n) is 1.23. The van der Waals surface area contributed by atoms with Crippen molar-refractivity contribution in [3.8, 4) is 5.88 Å². The van der Waals surface area contributed by atoms with Crippen molar-refractivity contribution in [2.24, 2.45) is 0 Å². The van der Waals surface area contributed by atoms with Gasteiger partial charge in [0.05, 0.1) is 31.9 Å². The van der Waals surface area contributed by atoms with Crippen LogP contribution in [0.4, 0.5) is 13.2 Å². The molecule has 0 aliphatic carbocycles. The van der Waals surface area contributed by atoms with E-state index in [1.54, 1.807) is 0 Å². The molecule has 0 amide bonds. The lowest BCUT2D eigenvalue weighted by atomic mass is 10.1. The van der Waals surface area contributed by atoms with Gasteiger partial charge >= 0.3 is 5.97 Å². The van der Waals surface area contributed by atoms with Gasteiger partial charge < -0.3 is 9.47 Å². The summed E-state index contributed by atoms with van der Waals surface area (Å²) in [6, 6.07) is 0.738. The topological polar surface area (TPSA) is 48.4 Å². The van der Waals surface area contributed by atoms with Crippen LogP contribution in [0.25, 0.3) is 0 Å². The van der Waals surface area contributed by atoms with Crippen molar-refractivity contribution >= 4 is 5.97 Å². The van der Waals surface area contributed by atoms with Crippen molar-refractivity contribution in [3.63, 3.8) is 0 Å². The van der Waals surface area contributed by atoms with Crippen LogP contribution in [-0.2, 0) is 16.0 Å². The molecule has 0 fully saturated rings. The first kappa shape index (κ1) is 13.3. The number of aromatic nitrogens is 1. The highest BCUT2D eigenvalue weighted by atomic mass is 19.3. The van der Waals surface area contributed by atoms with Gasteiger partial charge in [0.25, 0.3) is 6.43 Å². The number of nitrogens with zero attached hydrogens (tertiary/aromatic N) is 1. The fraction of sp³-hybridized carbons (Fsp3) is 0.400. The fourth-order valence-corrected chi connectivity index (χ4v) is 1.23. The zero-order chi connectivity index (χ0) is 13.0. The predicted molar refractivity (Wildman–Crippen MR) is 51.4 cm³/mol. The molecule has 0 spiro atoms. The molecule has 0 saturated heterocycles. The number of rotatable bonds is 4. The number of esters is 1. The molecule has 0 bridgehead atoms. The Morgan fingerprint density at radius 3 is 2.59 bits per heavy atom. The van der Waals surface area contributed by atoms with Gasteiger partial charge in [-0.3, -0.25) is 4.79 Å². The van der Waals surface area contributed by atoms with Crippen molar-refractivity contribution in [1.29, 1.82) is 0 Å². The normalized spacial score (nSPS) is 10.5. The largest absolute Gasteiger partial charge is 0.481 e. The maximum atomic E-state index is 13.4. The molecule has 17 heavy (non-hydrogen) atoms. The van der Waals surface area contributed by atoms with Gasteiger partial charge in [0.1, 0.15) is 5.82 Å². The second-order valence-corrected chi connectivity index (χ2v) is 3.06. The molecule has 0 aliphatic rings. The summed E-state index contributed by atoms with van der Waals surface area (Å²) in [6.07, 6.45) is -3.60. The number of hydrogen-bond acceptors (Lipinski definition) is 4. The SMILES string of the molecule is COC(=O)Cc1nc(OC)cc(F)c1C(F)F. The number of halogens is 3. The average molecular weight is 249 g/mol. The summed E-state index contributed by atoms with van der Waals surface area (Å²) in [7, 11) is 2.31. The molecule has 1 aromatic rings. The van der Waals surface area contributed by atoms with Crippen LogP contribution in [0.2, 0.25) is 0 Å². The second kappa shape index (κ2) is 5.51. The lowest BCUT2D eigenvalue weighted by molar-refractivity contribution is -0.139. The van der Waals surface area contributed by atoms with E-state index in [2.05, 4.69) is 14.5 Å². The summed E-state index contributed by atoms with van der Waals surface area (Å²) in [5, 5.41) is 0. The second-order valence-electron chi connectivity index (χ2n) is 3.06. The number of alkyl halides is 2. The standard InChI is InChI=1S/C10H10F3NO3/c1-16-7-3-5(11)9(10(12)13)6(14-7)4-8(15)17-2/h3,10H,4H2,1-2H3. The highest BCUT2D eigenvalue weighted by molar-refractivity contribution is 5.72. The zero-order valence-corrected chi connectivity index (χ0v) is 9.17. The summed E-state index contributed by atoms with van der Waals surface area (Å²) in [5.74, 6) is -2.12. The van der Waals surface area contributed by atoms with Crippen LogP contribution in [0, 0.1) is 5.82 Å². The molecule has 0 unspecified atom stereocenters. The van der Waals surface area contributed by atoms with E-state index in [0.29, 0.717) is 0 Å². The van der Waals surface area contributed by atoms with Gasteiger partial charge in [0.2, 0.25) is 5.88 Å². The van der Waals surface area contributed by atoms with Crippen molar-refractivity contribution in [2.75, 3.05) is 14.2 Å². The first-order valence-corrected chi connectivity index (χ1v) is 4.57. The molecule has 0 saturated carbocycles. The minimum absolute atomic E-state index is 0.175. The molecule has 4 nitrogen and oxygen atoms in total. The molecule has 1 rings (SSSR count). The maximum absolute atomic E-state index is 13.4. The number of hydrogen-bond donors (Lipinski definition) is 0. The van der Waals surface area contributed by atoms with Crippen LogP contribution in [0.15, 0.2) is 6.07 Å². The highest BCUT2D eigenvalue weighted by Crippen LogP contribution is 2.27. The first-order valence-electron chi connectivity index (χ1n) is 4.57. The molecule has 1 aromatic heterocycles. The first-order chi connectivity index (χ1) is 7.99. The van der Waals surface area contributed by atoms with Gasteiger partial charge in [-0.05, 0) is 0 Å². The van der Waals surface area contributed by atoms with Crippen molar-refractivity contribution in [3.05, 3.63) is 23.1 Å². The monoisotopic (exact) mass is 249 g/mol. The van der Waals surface area contributed by atoms with Gasteiger partial charge in [0.15, 0.2) is 0 Å². The Balaban J connectivity index is 3.22. The van der Waals surface area contributed by atoms with Gasteiger partial charge in [-0.1, -0.05) is 0 Å². The molecule has 0 N–H and O–H groups in total. The Bertz CT molecular complexity index is 424. The Morgan fingerprint density at radius 1 is 1.47 bits per heavy atom. The van der Waals surface area contributed by atoms with E-state index in [0.717, 1.165) is 13.2 Å². The number of pyridine rings is 1. The summed E-state index contributed by atoms with van der Waals surface area (Å²) < 4.78 is 47.5. The number of methoxy groups -OCH3 is 2. The molecule has 94 valence electrons. The molecule has 0 atom stereocenters. The predicted octanol–water partition coefficient (Wildman–Crippen LogP) is 1.88. The number of carbonyl (C=O) groups excluding carboxylic acids is 1. The van der Waals surface area contributed by atoms with Crippen molar-refractivity contribution in [2.45, 2.75) is 12.8 Å². The Hall–Kier alpha value is -1.79. The van der Waals surface area contributed by atoms with Gasteiger partial charge in [-0.2, -0.15) is 0 Å². The van der Waals surface area contributed by atoms with E-state index in [1.165, 1.54) is 7.11 Å². The third-order valence-electron chi connectivity index (χ3n) is 2.03. The van der Waals surface area contributed by atoms with Crippen LogP contribution in [0.1, 0.15) is 17.7 Å². The van der Waals surface area contributed by atoms with E-state index in [4.69, 9.17) is 0 Å². The van der Waals surface area contributed by atoms with Crippen LogP contribution in [-0.4, -0.2) is 25.2 Å². The average Bonchev–Trinajstić information content (AvgIpc) is 2.27. The minimum Gasteiger partial charge on any atom is -0.481 e. The van der Waals surface area contributed by atoms with Crippen LogP contribution >= 0.6 is 0 Å². The molecule has 0 radical (unpaired) electrons. The highest BCUT2D eigenvalue weighted by Gasteiger charge is 2.23. The zero-order valence-electron chi connectivity index (χ0n) is 9.17. The molecule has 1 heterocycles. The summed E-state index contributed by atoms with van der Waals surface area (Å²) in [5.41, 5.74) is -1.29. The summed E-state index contributed by atoms with van der Waals surface area (Å²) in [6.45, 7) is 0. The lowest BCUT2D eigenvalue weighted by Crippen LogP contribution is -2.11. The lowest BCUT2D eigenvalue weighted by Gasteiger charge is -2.10. The smallest absolute Gasteiger partial charge is 0.311 e. The van der Waals surface area contributed by atoms with E-state index in [-0.39, 0.29) is 11.6 Å². The maximum Gasteiger partial charge on any atom is 0.311 e. The molecule has 0 aromatic carbocycles. The van der Waals surface area contributed by atoms with Gasteiger partial charge in [0, 0.05) is 6.07 Å². The molecule has 7 heteroatoms. The third kappa shape index (κ3) is 3.08. The van der Waals surface area contributed by atoms with E-state index in [1.807, 2.05) is 0 Å². The third-order valence-corrected chi connectivity index (χ3v) is 2.03. The van der Waals surface area contributed by atoms with E-state index < -0.39 is 30.2 Å². The minimum atomic E-state index is -3.06. The molecule has 0 aliphatic heterocycles. The Labute approximate surface area is 95.4 Å². The van der Waals surface area contributed by atoms with Gasteiger partial charge in [-0.15, -0.1) is 0 Å². The number of ether oxygens (including phenoxy) is 2. The quantitative estimate of drug-likeness (QED) is 0.764. The summed E-state index contributed by atoms with van der Waals surface area (Å²) in [4.78, 5) is 14.6. The van der Waals surface area contributed by atoms with Gasteiger partial charge in [-0.25, -0.2) is 18.2 Å². The summed E-state index contributed by atoms with van der Waals surface area (Å²) >= 11 is 0.